The van der Waals surface area contributed by atoms with Crippen molar-refractivity contribution in [2.75, 3.05) is 17.2 Å². The highest BCUT2D eigenvalue weighted by Gasteiger charge is 2.12. The lowest BCUT2D eigenvalue weighted by Crippen LogP contribution is -2.26. The summed E-state index contributed by atoms with van der Waals surface area (Å²) in [5, 5.41) is 9.75. The zero-order valence-electron chi connectivity index (χ0n) is 14.4. The summed E-state index contributed by atoms with van der Waals surface area (Å²) in [4.78, 5) is 24.6. The third-order valence-electron chi connectivity index (χ3n) is 3.82. The smallest absolute Gasteiger partial charge is 0.292 e. The maximum Gasteiger partial charge on any atom is 0.292 e. The molecule has 0 aliphatic heterocycles. The number of anilines is 2. The average Bonchev–Trinajstić information content (AvgIpc) is 2.66. The molecule has 0 bridgehead atoms. The third kappa shape index (κ3) is 4.56. The first-order valence-corrected chi connectivity index (χ1v) is 9.26. The Labute approximate surface area is 169 Å². The number of halogens is 2. The average molecular weight is 448 g/mol. The van der Waals surface area contributed by atoms with Gasteiger partial charge in [-0.2, -0.15) is 9.78 Å². The van der Waals surface area contributed by atoms with Gasteiger partial charge in [0, 0.05) is 10.2 Å². The van der Waals surface area contributed by atoms with E-state index in [1.54, 1.807) is 24.3 Å². The van der Waals surface area contributed by atoms with Gasteiger partial charge in [0.1, 0.15) is 5.02 Å². The molecule has 1 amide bonds. The number of carbonyl (C=O) groups excluding carboxylic acids is 1. The molecule has 0 saturated carbocycles. The Balaban J connectivity index is 1.70. The second kappa shape index (κ2) is 8.37. The summed E-state index contributed by atoms with van der Waals surface area (Å²) in [7, 11) is 0. The van der Waals surface area contributed by atoms with E-state index in [0.717, 1.165) is 10.0 Å². The number of hydrogen-bond acceptors (Lipinski definition) is 4. The molecular weight excluding hydrogens is 432 g/mol. The summed E-state index contributed by atoms with van der Waals surface area (Å²) in [5.41, 5.74) is 2.10. The number of amides is 1. The summed E-state index contributed by atoms with van der Waals surface area (Å²) in [6.45, 7) is 1.85. The first-order valence-electron chi connectivity index (χ1n) is 8.09. The summed E-state index contributed by atoms with van der Waals surface area (Å²) >= 11 is 9.54. The van der Waals surface area contributed by atoms with Gasteiger partial charge in [0.05, 0.1) is 24.1 Å². The van der Waals surface area contributed by atoms with E-state index in [4.69, 9.17) is 11.6 Å². The predicted molar refractivity (Wildman–Crippen MR) is 111 cm³/mol. The Hall–Kier alpha value is -2.64. The van der Waals surface area contributed by atoms with Gasteiger partial charge in [0.2, 0.25) is 5.91 Å². The number of benzene rings is 2. The molecule has 0 unspecified atom stereocenters. The van der Waals surface area contributed by atoms with Gasteiger partial charge in [-0.15, -0.1) is 0 Å². The fraction of sp³-hybridized carbons (Fsp3) is 0.105. The summed E-state index contributed by atoms with van der Waals surface area (Å²) in [5.74, 6) is -0.260. The van der Waals surface area contributed by atoms with Crippen LogP contribution in [0.5, 0.6) is 0 Å². The molecule has 1 heterocycles. The van der Waals surface area contributed by atoms with Crippen LogP contribution < -0.4 is 16.2 Å². The predicted octanol–water partition coefficient (Wildman–Crippen LogP) is 4.01. The van der Waals surface area contributed by atoms with Gasteiger partial charge in [-0.25, -0.2) is 0 Å². The largest absolute Gasteiger partial charge is 0.373 e. The van der Waals surface area contributed by atoms with E-state index in [1.165, 1.54) is 10.9 Å². The van der Waals surface area contributed by atoms with Gasteiger partial charge in [-0.1, -0.05) is 45.7 Å². The van der Waals surface area contributed by atoms with Crippen LogP contribution in [0, 0.1) is 6.92 Å². The number of hydrogen-bond donors (Lipinski definition) is 2. The van der Waals surface area contributed by atoms with Crippen LogP contribution in [0.3, 0.4) is 0 Å². The van der Waals surface area contributed by atoms with Gasteiger partial charge in [0.25, 0.3) is 5.56 Å². The van der Waals surface area contributed by atoms with Crippen molar-refractivity contribution in [3.8, 4) is 5.69 Å². The van der Waals surface area contributed by atoms with E-state index < -0.39 is 5.56 Å². The van der Waals surface area contributed by atoms with E-state index in [2.05, 4.69) is 31.7 Å². The number of nitrogens with zero attached hydrogens (tertiary/aromatic N) is 2. The van der Waals surface area contributed by atoms with Crippen LogP contribution >= 0.6 is 27.5 Å². The zero-order chi connectivity index (χ0) is 19.4. The van der Waals surface area contributed by atoms with Crippen molar-refractivity contribution in [1.82, 2.24) is 9.78 Å². The van der Waals surface area contributed by atoms with Crippen LogP contribution in [-0.4, -0.2) is 22.2 Å². The highest BCUT2D eigenvalue weighted by Crippen LogP contribution is 2.20. The van der Waals surface area contributed by atoms with Crippen molar-refractivity contribution in [2.45, 2.75) is 6.92 Å². The molecule has 27 heavy (non-hydrogen) atoms. The Bertz CT molecular complexity index is 1040. The molecule has 3 aromatic rings. The molecular formula is C19H16BrClN4O2. The van der Waals surface area contributed by atoms with E-state index in [-0.39, 0.29) is 17.5 Å². The van der Waals surface area contributed by atoms with Crippen LogP contribution in [0.2, 0.25) is 5.02 Å². The first-order chi connectivity index (χ1) is 13.0. The standard InChI is InChI=1S/C19H16BrClN4O2/c1-12-9-13(20)7-8-15(12)24-17(26)11-22-16-10-23-25(19(27)18(16)21)14-5-3-2-4-6-14/h2-10,22H,11H2,1H3,(H,24,26). The Morgan fingerprint density at radius 1 is 1.19 bits per heavy atom. The Morgan fingerprint density at radius 3 is 2.63 bits per heavy atom. The Morgan fingerprint density at radius 2 is 1.93 bits per heavy atom. The monoisotopic (exact) mass is 446 g/mol. The highest BCUT2D eigenvalue weighted by molar-refractivity contribution is 9.10. The van der Waals surface area contributed by atoms with Crippen molar-refractivity contribution >= 4 is 44.8 Å². The molecule has 2 N–H and O–H groups in total. The lowest BCUT2D eigenvalue weighted by molar-refractivity contribution is -0.114. The second-order valence-corrected chi connectivity index (χ2v) is 7.08. The van der Waals surface area contributed by atoms with E-state index in [9.17, 15) is 9.59 Å². The molecule has 0 spiro atoms. The molecule has 0 saturated heterocycles. The molecule has 3 rings (SSSR count). The third-order valence-corrected chi connectivity index (χ3v) is 4.68. The summed E-state index contributed by atoms with van der Waals surface area (Å²) < 4.78 is 2.15. The number of carbonyl (C=O) groups is 1. The van der Waals surface area contributed by atoms with Crippen molar-refractivity contribution in [2.24, 2.45) is 0 Å². The number of nitrogens with one attached hydrogen (secondary N) is 2. The lowest BCUT2D eigenvalue weighted by atomic mass is 10.2. The maximum absolute atomic E-state index is 12.4. The molecule has 8 heteroatoms. The molecule has 0 aliphatic carbocycles. The maximum atomic E-state index is 12.4. The lowest BCUT2D eigenvalue weighted by Gasteiger charge is -2.12. The molecule has 138 valence electrons. The first kappa shape index (κ1) is 19.1. The quantitative estimate of drug-likeness (QED) is 0.620. The minimum absolute atomic E-state index is 0.0264. The van der Waals surface area contributed by atoms with Gasteiger partial charge in [-0.3, -0.25) is 9.59 Å². The minimum Gasteiger partial charge on any atom is -0.373 e. The number of rotatable bonds is 5. The topological polar surface area (TPSA) is 76.0 Å². The fourth-order valence-corrected chi connectivity index (χ4v) is 3.12. The number of aromatic nitrogens is 2. The van der Waals surface area contributed by atoms with Gasteiger partial charge in [0.15, 0.2) is 0 Å². The molecule has 6 nitrogen and oxygen atoms in total. The molecule has 2 aromatic carbocycles. The van der Waals surface area contributed by atoms with Crippen LogP contribution in [0.1, 0.15) is 5.56 Å². The van der Waals surface area contributed by atoms with Gasteiger partial charge in [-0.05, 0) is 42.8 Å². The molecule has 0 fully saturated rings. The van der Waals surface area contributed by atoms with Crippen molar-refractivity contribution in [1.29, 1.82) is 0 Å². The zero-order valence-corrected chi connectivity index (χ0v) is 16.7. The number of para-hydroxylation sites is 1. The summed E-state index contributed by atoms with van der Waals surface area (Å²) in [6.07, 6.45) is 1.43. The van der Waals surface area contributed by atoms with E-state index in [0.29, 0.717) is 17.1 Å². The second-order valence-electron chi connectivity index (χ2n) is 5.79. The van der Waals surface area contributed by atoms with Crippen molar-refractivity contribution in [3.63, 3.8) is 0 Å². The van der Waals surface area contributed by atoms with Crippen molar-refractivity contribution in [3.05, 3.63) is 80.1 Å². The molecule has 1 aromatic heterocycles. The highest BCUT2D eigenvalue weighted by atomic mass is 79.9. The van der Waals surface area contributed by atoms with Crippen LogP contribution in [0.4, 0.5) is 11.4 Å². The SMILES string of the molecule is Cc1cc(Br)ccc1NC(=O)CNc1cnn(-c2ccccc2)c(=O)c1Cl. The van der Waals surface area contributed by atoms with E-state index >= 15 is 0 Å². The van der Waals surface area contributed by atoms with Crippen molar-refractivity contribution < 1.29 is 4.79 Å². The van der Waals surface area contributed by atoms with Crippen LogP contribution in [-0.2, 0) is 4.79 Å². The molecule has 0 atom stereocenters. The minimum atomic E-state index is -0.461. The molecule has 0 radical (unpaired) electrons. The van der Waals surface area contributed by atoms with Gasteiger partial charge >= 0.3 is 0 Å². The Kier molecular flexibility index (Phi) is 5.93. The summed E-state index contributed by atoms with van der Waals surface area (Å²) in [6, 6.07) is 14.5. The fourth-order valence-electron chi connectivity index (χ4n) is 2.45. The van der Waals surface area contributed by atoms with E-state index in [1.807, 2.05) is 31.2 Å². The number of aryl methyl sites for hydroxylation is 1. The van der Waals surface area contributed by atoms with Crippen LogP contribution in [0.15, 0.2) is 64.0 Å². The van der Waals surface area contributed by atoms with Crippen LogP contribution in [0.25, 0.3) is 5.69 Å². The van der Waals surface area contributed by atoms with Gasteiger partial charge < -0.3 is 10.6 Å². The normalized spacial score (nSPS) is 10.5. The molecule has 0 aliphatic rings.